The van der Waals surface area contributed by atoms with Crippen molar-refractivity contribution in [3.63, 3.8) is 0 Å². The summed E-state index contributed by atoms with van der Waals surface area (Å²) in [5.74, 6) is 1.28. The van der Waals surface area contributed by atoms with Gasteiger partial charge in [-0.3, -0.25) is 24.4 Å². The first kappa shape index (κ1) is 27.0. The van der Waals surface area contributed by atoms with Gasteiger partial charge >= 0.3 is 6.03 Å². The number of nitrogens with one attached hydrogen (secondary N) is 2. The van der Waals surface area contributed by atoms with Gasteiger partial charge in [-0.1, -0.05) is 6.08 Å². The normalized spacial score (nSPS) is 23.9. The van der Waals surface area contributed by atoms with Crippen molar-refractivity contribution in [2.24, 2.45) is 16.8 Å². The number of imide groups is 1. The van der Waals surface area contributed by atoms with Crippen molar-refractivity contribution >= 4 is 46.5 Å². The molecule has 7 rings (SSSR count). The molecule has 0 radical (unpaired) electrons. The maximum atomic E-state index is 13.0. The summed E-state index contributed by atoms with van der Waals surface area (Å²) in [4.78, 5) is 58.4. The monoisotopic (exact) mass is 579 g/mol. The number of urea groups is 1. The second-order valence-electron chi connectivity index (χ2n) is 11.7. The summed E-state index contributed by atoms with van der Waals surface area (Å²) in [6.07, 6.45) is 16.4. The lowest BCUT2D eigenvalue weighted by molar-refractivity contribution is -0.124. The average Bonchev–Trinajstić information content (AvgIpc) is 3.91. The molecule has 3 fully saturated rings. The molecule has 0 spiro atoms. The maximum absolute atomic E-state index is 13.0. The van der Waals surface area contributed by atoms with Gasteiger partial charge in [-0.15, -0.1) is 0 Å². The van der Waals surface area contributed by atoms with E-state index in [1.165, 1.54) is 23.8 Å². The minimum atomic E-state index is -0.349. The molecule has 2 aliphatic carbocycles. The zero-order valence-corrected chi connectivity index (χ0v) is 24.2. The van der Waals surface area contributed by atoms with Gasteiger partial charge < -0.3 is 15.0 Å². The highest BCUT2D eigenvalue weighted by Gasteiger charge is 2.44. The fourth-order valence-corrected chi connectivity index (χ4v) is 5.74. The second-order valence-corrected chi connectivity index (χ2v) is 11.7. The molecule has 4 aliphatic rings. The lowest BCUT2D eigenvalue weighted by atomic mass is 10.0. The van der Waals surface area contributed by atoms with Crippen molar-refractivity contribution in [3.05, 3.63) is 66.0 Å². The van der Waals surface area contributed by atoms with Crippen LogP contribution in [0.3, 0.4) is 0 Å². The summed E-state index contributed by atoms with van der Waals surface area (Å²) >= 11 is 0. The molecule has 5 heterocycles. The minimum Gasteiger partial charge on any atom is -0.364 e. The SMILES string of the molecule is CC1=N/C=C\C([C@H]2C[C@@H]2C(=O)Nc2cc(NCc3cn4cc(C5CC5)cc(N5CC(=O)N(C)C5=O)c4n3)ncn2)=C/CC1. The van der Waals surface area contributed by atoms with Gasteiger partial charge in [0.2, 0.25) is 11.8 Å². The van der Waals surface area contributed by atoms with Crippen LogP contribution in [0.15, 0.2) is 59.8 Å². The Morgan fingerprint density at radius 3 is 2.74 bits per heavy atom. The van der Waals surface area contributed by atoms with E-state index in [1.54, 1.807) is 6.07 Å². The summed E-state index contributed by atoms with van der Waals surface area (Å²) in [7, 11) is 1.50. The topological polar surface area (TPSA) is 137 Å². The second kappa shape index (κ2) is 10.8. The molecule has 0 bridgehead atoms. The largest absolute Gasteiger partial charge is 0.364 e. The van der Waals surface area contributed by atoms with Gasteiger partial charge in [0.25, 0.3) is 0 Å². The first-order valence-electron chi connectivity index (χ1n) is 14.7. The van der Waals surface area contributed by atoms with E-state index < -0.39 is 0 Å². The average molecular weight is 580 g/mol. The highest BCUT2D eigenvalue weighted by atomic mass is 16.2. The van der Waals surface area contributed by atoms with Gasteiger partial charge in [-0.25, -0.2) is 19.7 Å². The number of carbonyl (C=O) groups excluding carboxylic acids is 3. The molecule has 220 valence electrons. The molecule has 3 aromatic heterocycles. The molecule has 2 aliphatic heterocycles. The number of likely N-dealkylation sites (N-methyl/N-ethyl adjacent to an activating group) is 1. The molecule has 0 unspecified atom stereocenters. The van der Waals surface area contributed by atoms with E-state index in [9.17, 15) is 14.4 Å². The first-order chi connectivity index (χ1) is 20.8. The number of rotatable bonds is 8. The number of hydrogen-bond acceptors (Lipinski definition) is 8. The Labute approximate surface area is 248 Å². The molecular weight excluding hydrogens is 546 g/mol. The zero-order valence-electron chi connectivity index (χ0n) is 24.2. The van der Waals surface area contributed by atoms with E-state index in [-0.39, 0.29) is 36.2 Å². The molecule has 3 aromatic rings. The smallest absolute Gasteiger partial charge is 0.331 e. The Kier molecular flexibility index (Phi) is 6.75. The number of amides is 4. The Balaban J connectivity index is 1.03. The van der Waals surface area contributed by atoms with E-state index in [2.05, 4.69) is 37.9 Å². The molecule has 2 saturated carbocycles. The summed E-state index contributed by atoms with van der Waals surface area (Å²) in [6, 6.07) is 3.35. The summed E-state index contributed by atoms with van der Waals surface area (Å²) in [5.41, 5.74) is 5.41. The number of pyridine rings is 1. The lowest BCUT2D eigenvalue weighted by Crippen LogP contribution is -2.30. The fraction of sp³-hybridized carbons (Fsp3) is 0.387. The van der Waals surface area contributed by atoms with E-state index in [0.717, 1.165) is 54.0 Å². The highest BCUT2D eigenvalue weighted by molar-refractivity contribution is 6.13. The first-order valence-corrected chi connectivity index (χ1v) is 14.7. The van der Waals surface area contributed by atoms with Gasteiger partial charge in [-0.05, 0) is 74.1 Å². The third-order valence-electron chi connectivity index (χ3n) is 8.50. The molecular formula is C31H33N9O3. The van der Waals surface area contributed by atoms with Gasteiger partial charge in [0.05, 0.1) is 17.9 Å². The molecule has 1 saturated heterocycles. The predicted molar refractivity (Wildman–Crippen MR) is 162 cm³/mol. The molecule has 0 aromatic carbocycles. The zero-order chi connectivity index (χ0) is 29.7. The van der Waals surface area contributed by atoms with Gasteiger partial charge in [0.1, 0.15) is 24.5 Å². The van der Waals surface area contributed by atoms with Crippen molar-refractivity contribution in [1.82, 2.24) is 24.3 Å². The number of carbonyl (C=O) groups is 3. The van der Waals surface area contributed by atoms with Gasteiger partial charge in [-0.2, -0.15) is 0 Å². The third kappa shape index (κ3) is 5.52. The van der Waals surface area contributed by atoms with E-state index in [0.29, 0.717) is 35.4 Å². The lowest BCUT2D eigenvalue weighted by Gasteiger charge is -2.17. The summed E-state index contributed by atoms with van der Waals surface area (Å²) < 4.78 is 1.93. The van der Waals surface area contributed by atoms with Crippen LogP contribution in [0.5, 0.6) is 0 Å². The molecule has 12 heteroatoms. The molecule has 12 nitrogen and oxygen atoms in total. The molecule has 2 atom stereocenters. The van der Waals surface area contributed by atoms with Gasteiger partial charge in [0.15, 0.2) is 5.65 Å². The minimum absolute atomic E-state index is 0.000851. The number of hydrogen-bond donors (Lipinski definition) is 2. The van der Waals surface area contributed by atoms with Crippen LogP contribution in [0.2, 0.25) is 0 Å². The van der Waals surface area contributed by atoms with Crippen molar-refractivity contribution in [2.75, 3.05) is 29.1 Å². The van der Waals surface area contributed by atoms with E-state index >= 15 is 0 Å². The van der Waals surface area contributed by atoms with Crippen molar-refractivity contribution in [2.45, 2.75) is 51.5 Å². The third-order valence-corrected chi connectivity index (χ3v) is 8.50. The Hall–Kier alpha value is -4.87. The number of fused-ring (bicyclic) bond motifs is 1. The Morgan fingerprint density at radius 1 is 1.12 bits per heavy atom. The number of aromatic nitrogens is 4. The molecule has 4 amide bonds. The summed E-state index contributed by atoms with van der Waals surface area (Å²) in [6.45, 7) is 2.39. The van der Waals surface area contributed by atoms with Crippen LogP contribution in [0.1, 0.15) is 56.2 Å². The highest BCUT2D eigenvalue weighted by Crippen LogP contribution is 2.46. The Bertz CT molecular complexity index is 1740. The number of anilines is 3. The van der Waals surface area contributed by atoms with E-state index in [1.807, 2.05) is 35.9 Å². The van der Waals surface area contributed by atoms with Crippen LogP contribution >= 0.6 is 0 Å². The number of nitrogens with zero attached hydrogens (tertiary/aromatic N) is 7. The summed E-state index contributed by atoms with van der Waals surface area (Å²) in [5, 5.41) is 6.21. The van der Waals surface area contributed by atoms with E-state index in [4.69, 9.17) is 4.98 Å². The van der Waals surface area contributed by atoms with Crippen LogP contribution in [0.25, 0.3) is 5.65 Å². The molecule has 2 N–H and O–H groups in total. The standard InChI is InChI=1S/C31H33N9O3/c1-18-4-3-5-20(8-9-32-18)23-11-24(23)30(42)37-27-12-26(34-17-35-27)33-13-22-15-39-14-21(19-6-7-19)10-25(29(39)36-22)40-16-28(41)38(2)31(40)43/h5,8-10,12,14-15,17,19,23-24H,3-4,6-7,11,13,16H2,1-2H3,(H2,33,34,35,37,42)/b9-8-,20-5+,32-18?/t23-,24+/m1/s1. The van der Waals surface area contributed by atoms with Crippen LogP contribution in [-0.4, -0.2) is 61.4 Å². The predicted octanol–water partition coefficient (Wildman–Crippen LogP) is 4.28. The van der Waals surface area contributed by atoms with Crippen LogP contribution < -0.4 is 15.5 Å². The van der Waals surface area contributed by atoms with Crippen molar-refractivity contribution in [3.8, 4) is 0 Å². The van der Waals surface area contributed by atoms with Crippen LogP contribution in [-0.2, 0) is 16.1 Å². The number of allylic oxidation sites excluding steroid dienone is 3. The van der Waals surface area contributed by atoms with Crippen molar-refractivity contribution < 1.29 is 14.4 Å². The van der Waals surface area contributed by atoms with Crippen LogP contribution in [0, 0.1) is 11.8 Å². The van der Waals surface area contributed by atoms with Crippen LogP contribution in [0.4, 0.5) is 22.1 Å². The Morgan fingerprint density at radius 2 is 1.95 bits per heavy atom. The number of imidazole rings is 1. The molecule has 43 heavy (non-hydrogen) atoms. The maximum Gasteiger partial charge on any atom is 0.331 e. The van der Waals surface area contributed by atoms with Gasteiger partial charge in [0, 0.05) is 43.3 Å². The van der Waals surface area contributed by atoms with Crippen molar-refractivity contribution in [1.29, 1.82) is 0 Å². The number of aliphatic imine (C=N–C) groups is 1. The fourth-order valence-electron chi connectivity index (χ4n) is 5.74. The quantitative estimate of drug-likeness (QED) is 0.380.